The number of nitrogens with zero attached hydrogens (tertiary/aromatic N) is 8. The number of amides is 4. The van der Waals surface area contributed by atoms with Crippen LogP contribution in [0.5, 0.6) is 0 Å². The van der Waals surface area contributed by atoms with Crippen LogP contribution in [0.3, 0.4) is 0 Å². The van der Waals surface area contributed by atoms with Gasteiger partial charge in [-0.3, -0.25) is 24.4 Å². The average molecular weight is 981 g/mol. The summed E-state index contributed by atoms with van der Waals surface area (Å²) in [5.74, 6) is -0.628. The lowest BCUT2D eigenvalue weighted by Gasteiger charge is -2.48. The van der Waals surface area contributed by atoms with Crippen LogP contribution in [0, 0.1) is 23.2 Å². The first-order valence-electron chi connectivity index (χ1n) is 25.2. The highest BCUT2D eigenvalue weighted by molar-refractivity contribution is 7.10. The fourth-order valence-corrected chi connectivity index (χ4v) is 11.7. The Kier molecular flexibility index (Phi) is 14.6. The molecule has 0 radical (unpaired) electrons. The van der Waals surface area contributed by atoms with Crippen LogP contribution in [-0.2, 0) is 48.0 Å². The number of hydrogen-bond acceptors (Lipinski definition) is 13. The van der Waals surface area contributed by atoms with Crippen molar-refractivity contribution < 1.29 is 33.4 Å². The van der Waals surface area contributed by atoms with E-state index in [0.717, 1.165) is 89.8 Å². The highest BCUT2D eigenvalue weighted by Gasteiger charge is 2.43. The van der Waals surface area contributed by atoms with Gasteiger partial charge in [0.2, 0.25) is 5.91 Å². The number of ether oxygens (including phenoxy) is 3. The van der Waals surface area contributed by atoms with Gasteiger partial charge in [0, 0.05) is 118 Å². The van der Waals surface area contributed by atoms with Crippen LogP contribution in [0.15, 0.2) is 35.8 Å². The molecule has 0 aliphatic carbocycles. The smallest absolute Gasteiger partial charge is 0.324 e. The lowest BCUT2D eigenvalue weighted by molar-refractivity contribution is -0.155. The summed E-state index contributed by atoms with van der Waals surface area (Å²) in [5.41, 5.74) is 10.5. The maximum atomic E-state index is 14.7. The monoisotopic (exact) mass is 981 g/mol. The number of urea groups is 1. The number of thiazole rings is 1. The van der Waals surface area contributed by atoms with Crippen molar-refractivity contribution in [2.75, 3.05) is 91.7 Å². The van der Waals surface area contributed by atoms with E-state index in [9.17, 15) is 19.2 Å². The van der Waals surface area contributed by atoms with Gasteiger partial charge in [-0.05, 0) is 69.8 Å². The number of pyridine rings is 1. The Morgan fingerprint density at radius 2 is 1.81 bits per heavy atom. The molecule has 5 aliphatic heterocycles. The Bertz CT molecular complexity index is 2580. The van der Waals surface area contributed by atoms with Crippen LogP contribution in [0.4, 0.5) is 10.5 Å². The minimum Gasteiger partial charge on any atom is -0.464 e. The van der Waals surface area contributed by atoms with Crippen molar-refractivity contribution in [2.24, 2.45) is 23.2 Å². The number of likely N-dealkylation sites (N-methyl/N-ethyl adjacent to an activating group) is 2. The number of esters is 1. The van der Waals surface area contributed by atoms with E-state index in [1.54, 1.807) is 19.1 Å². The molecule has 18 heteroatoms. The van der Waals surface area contributed by atoms with Gasteiger partial charge in [0.15, 0.2) is 0 Å². The molecule has 70 heavy (non-hydrogen) atoms. The summed E-state index contributed by atoms with van der Waals surface area (Å²) in [6, 6.07) is 5.91. The number of carbonyl (C=O) groups is 4. The van der Waals surface area contributed by atoms with E-state index in [2.05, 4.69) is 77.2 Å². The number of nitrogens with one attached hydrogen (secondary N) is 2. The number of aromatic nitrogens is 3. The third-order valence-corrected chi connectivity index (χ3v) is 16.1. The third kappa shape index (κ3) is 10.0. The van der Waals surface area contributed by atoms with Crippen LogP contribution >= 0.6 is 11.3 Å². The summed E-state index contributed by atoms with van der Waals surface area (Å²) >= 11 is 1.44. The Morgan fingerprint density at radius 1 is 1.06 bits per heavy atom. The number of cyclic esters (lactones) is 1. The molecular formula is C52H72N10O7S. The molecule has 6 bridgehead atoms. The molecule has 4 saturated heterocycles. The molecule has 0 spiro atoms. The summed E-state index contributed by atoms with van der Waals surface area (Å²) in [5, 5.41) is 8.27. The number of aryl methyl sites for hydroxylation is 1. The maximum Gasteiger partial charge on any atom is 0.324 e. The molecule has 3 aromatic heterocycles. The number of rotatable bonds is 10. The predicted molar refractivity (Wildman–Crippen MR) is 270 cm³/mol. The molecule has 1 aromatic carbocycles. The first-order chi connectivity index (χ1) is 33.5. The van der Waals surface area contributed by atoms with Crippen molar-refractivity contribution >= 4 is 51.7 Å². The van der Waals surface area contributed by atoms with Crippen molar-refractivity contribution in [3.63, 3.8) is 0 Å². The number of fused-ring (bicyclic) bond motifs is 6. The first kappa shape index (κ1) is 49.8. The van der Waals surface area contributed by atoms with E-state index in [1.165, 1.54) is 21.2 Å². The second-order valence-electron chi connectivity index (χ2n) is 21.3. The molecule has 4 atom stereocenters. The van der Waals surface area contributed by atoms with Crippen LogP contribution in [0.25, 0.3) is 33.4 Å². The number of hydrogen-bond donors (Lipinski definition) is 2. The van der Waals surface area contributed by atoms with Gasteiger partial charge < -0.3 is 43.7 Å². The number of likely N-dealkylation sites (tertiary alicyclic amines) is 1. The Morgan fingerprint density at radius 3 is 2.50 bits per heavy atom. The van der Waals surface area contributed by atoms with Crippen molar-refractivity contribution in [2.45, 2.75) is 98.0 Å². The molecule has 2 N–H and O–H groups in total. The second-order valence-corrected chi connectivity index (χ2v) is 22.2. The fourth-order valence-electron chi connectivity index (χ4n) is 10.9. The topological polar surface area (TPSA) is 167 Å². The lowest BCUT2D eigenvalue weighted by Crippen LogP contribution is -2.64. The number of piperazine rings is 1. The van der Waals surface area contributed by atoms with Crippen molar-refractivity contribution in [3.05, 3.63) is 52.1 Å². The lowest BCUT2D eigenvalue weighted by atomic mass is 9.84. The Hall–Kier alpha value is -5.14. The highest BCUT2D eigenvalue weighted by atomic mass is 32.1. The van der Waals surface area contributed by atoms with Gasteiger partial charge in [0.1, 0.15) is 18.1 Å². The van der Waals surface area contributed by atoms with E-state index >= 15 is 0 Å². The van der Waals surface area contributed by atoms with Gasteiger partial charge in [-0.25, -0.2) is 15.2 Å². The summed E-state index contributed by atoms with van der Waals surface area (Å²) in [4.78, 5) is 75.4. The van der Waals surface area contributed by atoms with Crippen LogP contribution in [-0.4, -0.2) is 163 Å². The van der Waals surface area contributed by atoms with Crippen molar-refractivity contribution in [1.82, 2.24) is 45.0 Å². The van der Waals surface area contributed by atoms with Gasteiger partial charge in [-0.1, -0.05) is 33.8 Å². The molecule has 4 fully saturated rings. The minimum absolute atomic E-state index is 0.109. The molecule has 0 saturated carbocycles. The average Bonchev–Trinajstić information content (AvgIpc) is 3.91. The van der Waals surface area contributed by atoms with E-state index < -0.39 is 35.4 Å². The molecule has 0 unspecified atom stereocenters. The molecule has 4 amide bonds. The van der Waals surface area contributed by atoms with E-state index in [1.807, 2.05) is 32.3 Å². The van der Waals surface area contributed by atoms with Gasteiger partial charge in [0.25, 0.3) is 5.91 Å². The molecule has 17 nitrogen and oxygen atoms in total. The Balaban J connectivity index is 1.09. The number of benzene rings is 1. The van der Waals surface area contributed by atoms with Gasteiger partial charge in [0.05, 0.1) is 59.9 Å². The quantitative estimate of drug-likeness (QED) is 0.189. The number of methoxy groups -OCH3 is 1. The Labute approximate surface area is 416 Å². The van der Waals surface area contributed by atoms with Gasteiger partial charge in [-0.2, -0.15) is 0 Å². The minimum atomic E-state index is -1.04. The fraction of sp³-hybridized carbons (Fsp3) is 0.615. The van der Waals surface area contributed by atoms with Crippen molar-refractivity contribution in [1.29, 1.82) is 0 Å². The standard InChI is InChI=1S/C52H72N10O7S/c1-10-61-43-14-13-33-20-37(43)39(47(61)38-21-36(24-53-45(38)32(4)67-9)59-18-16-57(7)17-19-59)23-52(5,6)30-69-50(65)40-12-11-15-62(56-40)49(64)41(22-44-54-42(33)29-70-44)55-48(63)46(31(2)3)58(8)51(66)60-25-34(26-60)35-27-68-28-35/h13-14,20-21,24,29,31-32,34-35,40-41,46,56H,10-12,15-19,22-23,25-28,30H2,1-9H3,(H,55,63)/t32-,40-,41-,46-/m0/s1. The number of hydrazine groups is 1. The highest BCUT2D eigenvalue weighted by Crippen LogP contribution is 2.43. The number of carbonyl (C=O) groups excluding carboxylic acids is 4. The molecule has 5 aliphatic rings. The first-order valence-corrected chi connectivity index (χ1v) is 26.1. The molecule has 9 rings (SSSR count). The third-order valence-electron chi connectivity index (χ3n) is 15.2. The summed E-state index contributed by atoms with van der Waals surface area (Å²) in [6.07, 6.45) is 3.44. The molecule has 8 heterocycles. The summed E-state index contributed by atoms with van der Waals surface area (Å²) in [7, 11) is 5.54. The largest absolute Gasteiger partial charge is 0.464 e. The zero-order chi connectivity index (χ0) is 49.6. The molecule has 4 aromatic rings. The maximum absolute atomic E-state index is 14.7. The SMILES string of the molecule is CCn1c(-c2cc(N3CCN(C)CC3)cnc2[C@H](C)OC)c2c3cc(ccc31)-c1csc(n1)C[C@H](NC(=O)[C@H](C(C)C)N(C)C(=O)N1CC(C3COC3)C1)C(=O)N1CCC[C@H](N1)C(=O)OCC(C)(C)C2. The zero-order valence-electron chi connectivity index (χ0n) is 42.5. The van der Waals surface area contributed by atoms with Crippen LogP contribution < -0.4 is 15.6 Å². The number of anilines is 1. The van der Waals surface area contributed by atoms with Gasteiger partial charge in [-0.15, -0.1) is 11.3 Å². The second kappa shape index (κ2) is 20.5. The van der Waals surface area contributed by atoms with Crippen LogP contribution in [0.1, 0.15) is 76.8 Å². The van der Waals surface area contributed by atoms with E-state index in [0.29, 0.717) is 62.3 Å². The summed E-state index contributed by atoms with van der Waals surface area (Å²) in [6.45, 7) is 19.9. The van der Waals surface area contributed by atoms with Gasteiger partial charge >= 0.3 is 12.0 Å². The molecule has 378 valence electrons. The van der Waals surface area contributed by atoms with E-state index in [4.69, 9.17) is 24.2 Å². The zero-order valence-corrected chi connectivity index (χ0v) is 43.3. The predicted octanol–water partition coefficient (Wildman–Crippen LogP) is 5.61. The van der Waals surface area contributed by atoms with Crippen molar-refractivity contribution in [3.8, 4) is 22.5 Å². The van der Waals surface area contributed by atoms with Crippen LogP contribution in [0.2, 0.25) is 0 Å². The molecular weight excluding hydrogens is 909 g/mol. The normalized spacial score (nSPS) is 22.6. The van der Waals surface area contributed by atoms with E-state index in [-0.39, 0.29) is 37.0 Å². The summed E-state index contributed by atoms with van der Waals surface area (Å²) < 4.78 is 19.9.